The third-order valence-electron chi connectivity index (χ3n) is 1.62. The fourth-order valence-electron chi connectivity index (χ4n) is 0.643. The first kappa shape index (κ1) is 11.3. The van der Waals surface area contributed by atoms with Crippen molar-refractivity contribution in [3.63, 3.8) is 0 Å². The van der Waals surface area contributed by atoms with E-state index in [1.54, 1.807) is 6.08 Å². The van der Waals surface area contributed by atoms with Gasteiger partial charge in [0.15, 0.2) is 0 Å². The molecule has 12 heavy (non-hydrogen) atoms. The van der Waals surface area contributed by atoms with Crippen molar-refractivity contribution in [1.82, 2.24) is 0 Å². The highest BCUT2D eigenvalue weighted by Gasteiger charge is 2.30. The van der Waals surface area contributed by atoms with Gasteiger partial charge in [0.25, 0.3) is 0 Å². The molecule has 0 aliphatic rings. The third-order valence-corrected chi connectivity index (χ3v) is 1.62. The molecule has 0 nitrogen and oxygen atoms in total. The molecule has 0 aromatic rings. The van der Waals surface area contributed by atoms with Crippen molar-refractivity contribution in [3.8, 4) is 0 Å². The van der Waals surface area contributed by atoms with Crippen LogP contribution in [0.1, 0.15) is 27.2 Å². The molecule has 0 saturated heterocycles. The average Bonchev–Trinajstić information content (AvgIpc) is 1.97. The van der Waals surface area contributed by atoms with Crippen LogP contribution in [-0.2, 0) is 0 Å². The molecular weight excluding hydrogens is 165 g/mol. The summed E-state index contributed by atoms with van der Waals surface area (Å²) >= 11 is 0. The van der Waals surface area contributed by atoms with Crippen LogP contribution in [0.15, 0.2) is 23.3 Å². The van der Waals surface area contributed by atoms with Gasteiger partial charge in [-0.2, -0.15) is 13.2 Å². The molecule has 3 heteroatoms. The van der Waals surface area contributed by atoms with E-state index in [9.17, 15) is 13.2 Å². The zero-order chi connectivity index (χ0) is 9.78. The van der Waals surface area contributed by atoms with Gasteiger partial charge >= 0.3 is 6.18 Å². The normalized spacial score (nSPS) is 15.2. The predicted octanol–water partition coefficient (Wildman–Crippen LogP) is 3.85. The lowest BCUT2D eigenvalue weighted by molar-refractivity contribution is -0.0919. The molecule has 0 heterocycles. The van der Waals surface area contributed by atoms with Crippen LogP contribution >= 0.6 is 0 Å². The second-order valence-electron chi connectivity index (χ2n) is 2.62. The number of hydrogen-bond acceptors (Lipinski definition) is 0. The molecule has 0 rings (SSSR count). The molecule has 0 radical (unpaired) electrons. The Morgan fingerprint density at radius 1 is 1.25 bits per heavy atom. The van der Waals surface area contributed by atoms with Crippen LogP contribution in [0.25, 0.3) is 0 Å². The van der Waals surface area contributed by atoms with Crippen LogP contribution in [0.5, 0.6) is 0 Å². The van der Waals surface area contributed by atoms with Crippen LogP contribution in [0.2, 0.25) is 0 Å². The van der Waals surface area contributed by atoms with E-state index in [2.05, 4.69) is 0 Å². The highest BCUT2D eigenvalue weighted by molar-refractivity contribution is 5.25. The number of allylic oxidation sites excluding steroid dienone is 4. The maximum Gasteiger partial charge on any atom is 0.412 e. The minimum Gasteiger partial charge on any atom is -0.166 e. The summed E-state index contributed by atoms with van der Waals surface area (Å²) in [5.41, 5.74) is -0.239. The van der Waals surface area contributed by atoms with E-state index in [1.165, 1.54) is 13.0 Å². The molecular formula is C9H13F3. The van der Waals surface area contributed by atoms with E-state index in [0.717, 1.165) is 13.3 Å². The molecule has 0 unspecified atom stereocenters. The fourth-order valence-corrected chi connectivity index (χ4v) is 0.643. The first-order valence-corrected chi connectivity index (χ1v) is 3.80. The lowest BCUT2D eigenvalue weighted by Crippen LogP contribution is -2.10. The Labute approximate surface area is 70.8 Å². The summed E-state index contributed by atoms with van der Waals surface area (Å²) in [6.07, 6.45) is -0.224. The van der Waals surface area contributed by atoms with E-state index in [4.69, 9.17) is 0 Å². The maximum absolute atomic E-state index is 12.0. The van der Waals surface area contributed by atoms with Crippen LogP contribution in [0, 0.1) is 0 Å². The first-order valence-electron chi connectivity index (χ1n) is 3.80. The minimum atomic E-state index is -4.19. The summed E-state index contributed by atoms with van der Waals surface area (Å²) in [4.78, 5) is 0. The van der Waals surface area contributed by atoms with Crippen molar-refractivity contribution >= 4 is 0 Å². The molecule has 70 valence electrons. The average molecular weight is 178 g/mol. The van der Waals surface area contributed by atoms with Crippen LogP contribution in [0.3, 0.4) is 0 Å². The van der Waals surface area contributed by atoms with E-state index < -0.39 is 11.7 Å². The standard InChI is InChI=1S/C9H13F3/c1-4-5-6-7(2)8(3)9(10,11)12/h5-6H,4H2,1-3H3/b6-5-,8-7+. The molecule has 0 aromatic carbocycles. The maximum atomic E-state index is 12.0. The molecule has 0 spiro atoms. The summed E-state index contributed by atoms with van der Waals surface area (Å²) in [6, 6.07) is 0. The molecule has 0 amide bonds. The van der Waals surface area contributed by atoms with Crippen LogP contribution in [-0.4, -0.2) is 6.18 Å². The first-order chi connectivity index (χ1) is 5.39. The Hall–Kier alpha value is -0.730. The van der Waals surface area contributed by atoms with Crippen molar-refractivity contribution in [1.29, 1.82) is 0 Å². The van der Waals surface area contributed by atoms with Gasteiger partial charge in [0.05, 0.1) is 0 Å². The molecule has 0 bridgehead atoms. The molecule has 0 atom stereocenters. The smallest absolute Gasteiger partial charge is 0.166 e. The number of halogens is 3. The quantitative estimate of drug-likeness (QED) is 0.563. The van der Waals surface area contributed by atoms with E-state index in [0.29, 0.717) is 0 Å². The summed E-state index contributed by atoms with van der Waals surface area (Å²) in [5, 5.41) is 0. The van der Waals surface area contributed by atoms with Crippen molar-refractivity contribution in [2.24, 2.45) is 0 Å². The highest BCUT2D eigenvalue weighted by atomic mass is 19.4. The second kappa shape index (κ2) is 4.33. The van der Waals surface area contributed by atoms with Crippen LogP contribution < -0.4 is 0 Å². The SMILES string of the molecule is CC/C=C\C(C)=C(/C)C(F)(F)F. The highest BCUT2D eigenvalue weighted by Crippen LogP contribution is 2.27. The Balaban J connectivity index is 4.58. The van der Waals surface area contributed by atoms with Crippen molar-refractivity contribution in [2.45, 2.75) is 33.4 Å². The molecule has 0 aliphatic heterocycles. The van der Waals surface area contributed by atoms with Gasteiger partial charge in [0, 0.05) is 5.57 Å². The van der Waals surface area contributed by atoms with E-state index >= 15 is 0 Å². The summed E-state index contributed by atoms with van der Waals surface area (Å²) < 4.78 is 36.1. The lowest BCUT2D eigenvalue weighted by Gasteiger charge is -2.08. The van der Waals surface area contributed by atoms with Gasteiger partial charge in [0.2, 0.25) is 0 Å². The fraction of sp³-hybridized carbons (Fsp3) is 0.556. The Morgan fingerprint density at radius 2 is 1.75 bits per heavy atom. The molecule has 0 aromatic heterocycles. The van der Waals surface area contributed by atoms with Gasteiger partial charge < -0.3 is 0 Å². The van der Waals surface area contributed by atoms with Gasteiger partial charge in [-0.1, -0.05) is 19.1 Å². The zero-order valence-electron chi connectivity index (χ0n) is 7.50. The lowest BCUT2D eigenvalue weighted by atomic mass is 10.1. The predicted molar refractivity (Wildman–Crippen MR) is 43.9 cm³/mol. The Kier molecular flexibility index (Phi) is 4.07. The second-order valence-corrected chi connectivity index (χ2v) is 2.62. The van der Waals surface area contributed by atoms with E-state index in [1.807, 2.05) is 6.92 Å². The summed E-state index contributed by atoms with van der Waals surface area (Å²) in [6.45, 7) is 4.44. The monoisotopic (exact) mass is 178 g/mol. The third kappa shape index (κ3) is 3.60. The van der Waals surface area contributed by atoms with Crippen molar-refractivity contribution in [3.05, 3.63) is 23.3 Å². The largest absolute Gasteiger partial charge is 0.412 e. The van der Waals surface area contributed by atoms with Crippen molar-refractivity contribution < 1.29 is 13.2 Å². The molecule has 0 fully saturated rings. The van der Waals surface area contributed by atoms with Gasteiger partial charge in [-0.15, -0.1) is 0 Å². The van der Waals surface area contributed by atoms with Gasteiger partial charge in [-0.05, 0) is 25.8 Å². The number of alkyl halides is 3. The molecule has 0 N–H and O–H groups in total. The Bertz CT molecular complexity index is 196. The van der Waals surface area contributed by atoms with Gasteiger partial charge in [-0.25, -0.2) is 0 Å². The van der Waals surface area contributed by atoms with Gasteiger partial charge in [-0.3, -0.25) is 0 Å². The summed E-state index contributed by atoms with van der Waals surface area (Å²) in [7, 11) is 0. The van der Waals surface area contributed by atoms with Gasteiger partial charge in [0.1, 0.15) is 0 Å². The number of rotatable bonds is 2. The van der Waals surface area contributed by atoms with Crippen LogP contribution in [0.4, 0.5) is 13.2 Å². The number of hydrogen-bond donors (Lipinski definition) is 0. The van der Waals surface area contributed by atoms with Crippen molar-refractivity contribution in [2.75, 3.05) is 0 Å². The topological polar surface area (TPSA) is 0 Å². The molecule has 0 saturated carbocycles. The summed E-state index contributed by atoms with van der Waals surface area (Å²) in [5.74, 6) is 0. The minimum absolute atomic E-state index is 0.282. The zero-order valence-corrected chi connectivity index (χ0v) is 7.50. The Morgan fingerprint density at radius 3 is 2.08 bits per heavy atom. The molecule has 0 aliphatic carbocycles. The van der Waals surface area contributed by atoms with E-state index in [-0.39, 0.29) is 5.57 Å².